The van der Waals surface area contributed by atoms with Crippen LogP contribution < -0.4 is 20.5 Å². The minimum Gasteiger partial charge on any atom is -0.493 e. The van der Waals surface area contributed by atoms with Gasteiger partial charge >= 0.3 is 0 Å². The number of hydrogen-bond acceptors (Lipinski definition) is 6. The molecule has 1 aliphatic rings. The van der Waals surface area contributed by atoms with E-state index in [9.17, 15) is 4.79 Å². The number of fused-ring (bicyclic) bond motifs is 1. The average molecular weight is 329 g/mol. The van der Waals surface area contributed by atoms with Gasteiger partial charge in [-0.05, 0) is 17.7 Å². The Balaban J connectivity index is 1.98. The highest BCUT2D eigenvalue weighted by atomic mass is 32.1. The zero-order chi connectivity index (χ0) is 16.4. The van der Waals surface area contributed by atoms with E-state index in [4.69, 9.17) is 21.6 Å². The lowest BCUT2D eigenvalue weighted by Crippen LogP contribution is -2.22. The Bertz CT molecular complexity index is 794. The van der Waals surface area contributed by atoms with Crippen molar-refractivity contribution in [2.75, 3.05) is 24.8 Å². The van der Waals surface area contributed by atoms with Gasteiger partial charge in [0.2, 0.25) is 5.91 Å². The van der Waals surface area contributed by atoms with Gasteiger partial charge in [-0.2, -0.15) is 0 Å². The first kappa shape index (κ1) is 15.2. The van der Waals surface area contributed by atoms with E-state index in [-0.39, 0.29) is 18.4 Å². The van der Waals surface area contributed by atoms with Crippen molar-refractivity contribution in [3.8, 4) is 23.8 Å². The summed E-state index contributed by atoms with van der Waals surface area (Å²) >= 11 is 1.38. The van der Waals surface area contributed by atoms with Crippen LogP contribution in [0.15, 0.2) is 18.2 Å². The Labute approximate surface area is 137 Å². The first-order valence-electron chi connectivity index (χ1n) is 6.92. The van der Waals surface area contributed by atoms with Gasteiger partial charge in [0, 0.05) is 12.3 Å². The van der Waals surface area contributed by atoms with Crippen LogP contribution in [0.4, 0.5) is 10.9 Å². The van der Waals surface area contributed by atoms with Crippen molar-refractivity contribution in [3.05, 3.63) is 28.6 Å². The van der Waals surface area contributed by atoms with Crippen molar-refractivity contribution in [1.29, 1.82) is 0 Å². The molecule has 0 bridgehead atoms. The van der Waals surface area contributed by atoms with Crippen molar-refractivity contribution in [2.45, 2.75) is 12.3 Å². The van der Waals surface area contributed by atoms with Crippen molar-refractivity contribution in [2.24, 2.45) is 0 Å². The fraction of sp³-hybridized carbons (Fsp3) is 0.250. The molecule has 0 aliphatic carbocycles. The number of rotatable bonds is 4. The molecule has 1 amide bonds. The predicted molar refractivity (Wildman–Crippen MR) is 88.9 cm³/mol. The zero-order valence-corrected chi connectivity index (χ0v) is 13.3. The van der Waals surface area contributed by atoms with E-state index in [1.165, 1.54) is 11.3 Å². The highest BCUT2D eigenvalue weighted by Gasteiger charge is 2.30. The molecule has 0 saturated carbocycles. The number of nitrogens with two attached hydrogens (primary N) is 1. The van der Waals surface area contributed by atoms with Crippen molar-refractivity contribution in [3.63, 3.8) is 0 Å². The third-order valence-corrected chi connectivity index (χ3v) is 4.53. The van der Waals surface area contributed by atoms with Crippen molar-refractivity contribution >= 4 is 28.2 Å². The fourth-order valence-electron chi connectivity index (χ4n) is 2.54. The molecule has 6 nitrogen and oxygen atoms in total. The maximum Gasteiger partial charge on any atom is 0.226 e. The van der Waals surface area contributed by atoms with Gasteiger partial charge in [-0.15, -0.1) is 6.42 Å². The number of methoxy groups -OCH3 is 1. The lowest BCUT2D eigenvalue weighted by atomic mass is 9.91. The molecule has 3 rings (SSSR count). The predicted octanol–water partition coefficient (Wildman–Crippen LogP) is 2.22. The molecule has 0 radical (unpaired) electrons. The van der Waals surface area contributed by atoms with E-state index < -0.39 is 0 Å². The molecule has 1 atom stereocenters. The third kappa shape index (κ3) is 2.94. The molecule has 0 unspecified atom stereocenters. The van der Waals surface area contributed by atoms with E-state index in [0.29, 0.717) is 28.9 Å². The Morgan fingerprint density at radius 3 is 3.09 bits per heavy atom. The van der Waals surface area contributed by atoms with Gasteiger partial charge < -0.3 is 20.5 Å². The summed E-state index contributed by atoms with van der Waals surface area (Å²) in [5.74, 6) is 3.91. The van der Waals surface area contributed by atoms with Crippen LogP contribution >= 0.6 is 11.3 Å². The number of nitrogen functional groups attached to an aromatic ring is 1. The van der Waals surface area contributed by atoms with Crippen LogP contribution in [0.3, 0.4) is 0 Å². The van der Waals surface area contributed by atoms with Gasteiger partial charge in [0.05, 0.1) is 12.0 Å². The summed E-state index contributed by atoms with van der Waals surface area (Å²) < 4.78 is 10.8. The van der Waals surface area contributed by atoms with E-state index in [0.717, 1.165) is 10.4 Å². The molecule has 1 aromatic heterocycles. The lowest BCUT2D eigenvalue weighted by Gasteiger charge is -2.22. The average Bonchev–Trinajstić information content (AvgIpc) is 2.91. The highest BCUT2D eigenvalue weighted by Crippen LogP contribution is 2.43. The van der Waals surface area contributed by atoms with Crippen molar-refractivity contribution in [1.82, 2.24) is 4.98 Å². The maximum absolute atomic E-state index is 11.9. The molecule has 1 aromatic carbocycles. The van der Waals surface area contributed by atoms with E-state index in [2.05, 4.69) is 16.2 Å². The topological polar surface area (TPSA) is 86.5 Å². The SMILES string of the molecule is C#CCOc1ccc([C@H]2CC(=O)Nc3nc(N)sc32)cc1OC. The fourth-order valence-corrected chi connectivity index (χ4v) is 3.46. The molecule has 118 valence electrons. The summed E-state index contributed by atoms with van der Waals surface area (Å²) in [4.78, 5) is 17.0. The first-order valence-corrected chi connectivity index (χ1v) is 7.74. The minimum atomic E-state index is -0.107. The van der Waals surface area contributed by atoms with Gasteiger partial charge in [0.1, 0.15) is 12.4 Å². The summed E-state index contributed by atoms with van der Waals surface area (Å²) in [6, 6.07) is 5.55. The number of ether oxygens (including phenoxy) is 2. The normalized spacial score (nSPS) is 16.2. The molecule has 0 spiro atoms. The van der Waals surface area contributed by atoms with Crippen molar-refractivity contribution < 1.29 is 14.3 Å². The van der Waals surface area contributed by atoms with Crippen LogP contribution in [-0.4, -0.2) is 24.6 Å². The summed E-state index contributed by atoms with van der Waals surface area (Å²) in [5, 5.41) is 3.18. The lowest BCUT2D eigenvalue weighted by molar-refractivity contribution is -0.116. The number of nitrogens with zero attached hydrogens (tertiary/aromatic N) is 1. The van der Waals surface area contributed by atoms with Crippen LogP contribution in [0.5, 0.6) is 11.5 Å². The standard InChI is InChI=1S/C16H15N3O3S/c1-3-6-22-11-5-4-9(7-12(11)21-2)10-8-13(20)18-15-14(10)23-16(17)19-15/h1,4-5,7,10H,6,8H2,2H3,(H2,17,19)(H,18,20)/t10-/m1/s1. The second kappa shape index (κ2) is 6.18. The minimum absolute atomic E-state index is 0.0839. The Hall–Kier alpha value is -2.72. The van der Waals surface area contributed by atoms with Gasteiger partial charge in [-0.1, -0.05) is 23.3 Å². The molecule has 1 aliphatic heterocycles. The number of amides is 1. The number of benzene rings is 1. The molecule has 23 heavy (non-hydrogen) atoms. The molecule has 0 saturated heterocycles. The molecular formula is C16H15N3O3S. The van der Waals surface area contributed by atoms with E-state index in [1.54, 1.807) is 13.2 Å². The quantitative estimate of drug-likeness (QED) is 0.840. The summed E-state index contributed by atoms with van der Waals surface area (Å²) in [6.07, 6.45) is 5.54. The van der Waals surface area contributed by atoms with E-state index in [1.807, 2.05) is 12.1 Å². The summed E-state index contributed by atoms with van der Waals surface area (Å²) in [5.41, 5.74) is 6.71. The molecule has 3 N–H and O–H groups in total. The van der Waals surface area contributed by atoms with Gasteiger partial charge in [0.25, 0.3) is 0 Å². The maximum atomic E-state index is 11.9. The number of carbonyl (C=O) groups is 1. The van der Waals surface area contributed by atoms with Gasteiger partial charge in [0.15, 0.2) is 16.6 Å². The second-order valence-corrected chi connectivity index (χ2v) is 6.04. The third-order valence-electron chi connectivity index (χ3n) is 3.53. The van der Waals surface area contributed by atoms with Gasteiger partial charge in [-0.25, -0.2) is 4.98 Å². The first-order chi connectivity index (χ1) is 11.1. The Kier molecular flexibility index (Phi) is 4.08. The molecule has 2 heterocycles. The number of aromatic nitrogens is 1. The van der Waals surface area contributed by atoms with Crippen LogP contribution in [0.2, 0.25) is 0 Å². The van der Waals surface area contributed by atoms with Crippen LogP contribution in [0.25, 0.3) is 0 Å². The zero-order valence-electron chi connectivity index (χ0n) is 12.5. The number of anilines is 2. The number of terminal acetylenes is 1. The molecule has 7 heteroatoms. The molecular weight excluding hydrogens is 314 g/mol. The smallest absolute Gasteiger partial charge is 0.226 e. The van der Waals surface area contributed by atoms with Crippen LogP contribution in [0, 0.1) is 12.3 Å². The van der Waals surface area contributed by atoms with Crippen LogP contribution in [-0.2, 0) is 4.79 Å². The number of carbonyl (C=O) groups excluding carboxylic acids is 1. The monoisotopic (exact) mass is 329 g/mol. The number of hydrogen-bond donors (Lipinski definition) is 2. The number of thiazole rings is 1. The van der Waals surface area contributed by atoms with Gasteiger partial charge in [-0.3, -0.25) is 4.79 Å². The Morgan fingerprint density at radius 2 is 2.35 bits per heavy atom. The van der Waals surface area contributed by atoms with Crippen LogP contribution in [0.1, 0.15) is 22.8 Å². The molecule has 2 aromatic rings. The molecule has 0 fully saturated rings. The Morgan fingerprint density at radius 1 is 1.52 bits per heavy atom. The summed E-state index contributed by atoms with van der Waals surface area (Å²) in [7, 11) is 1.56. The largest absolute Gasteiger partial charge is 0.493 e. The van der Waals surface area contributed by atoms with E-state index >= 15 is 0 Å². The summed E-state index contributed by atoms with van der Waals surface area (Å²) in [6.45, 7) is 0.164. The second-order valence-electron chi connectivity index (χ2n) is 4.97. The number of nitrogens with one attached hydrogen (secondary N) is 1. The highest BCUT2D eigenvalue weighted by molar-refractivity contribution is 7.16.